The van der Waals surface area contributed by atoms with Crippen LogP contribution in [0.15, 0.2) is 72.8 Å². The Morgan fingerprint density at radius 3 is 2.34 bits per heavy atom. The summed E-state index contributed by atoms with van der Waals surface area (Å²) in [5.41, 5.74) is 10.1. The van der Waals surface area contributed by atoms with Crippen LogP contribution in [0.2, 0.25) is 0 Å². The molecule has 4 aromatic rings. The lowest BCUT2D eigenvalue weighted by Crippen LogP contribution is -2.25. The highest BCUT2D eigenvalue weighted by molar-refractivity contribution is 7.18. The first-order valence-electron chi connectivity index (χ1n) is 12.3. The molecule has 1 aliphatic rings. The summed E-state index contributed by atoms with van der Waals surface area (Å²) in [5.74, 6) is -0.896. The largest absolute Gasteiger partial charge is 0.366 e. The van der Waals surface area contributed by atoms with Gasteiger partial charge in [0.1, 0.15) is 4.88 Å². The second-order valence-electron chi connectivity index (χ2n) is 9.21. The van der Waals surface area contributed by atoms with Crippen LogP contribution < -0.4 is 21.7 Å². The molecule has 1 saturated carbocycles. The Morgan fingerprint density at radius 2 is 1.66 bits per heavy atom. The number of rotatable bonds is 9. The van der Waals surface area contributed by atoms with Crippen molar-refractivity contribution in [2.45, 2.75) is 32.4 Å². The number of nitrogens with zero attached hydrogens (tertiary/aromatic N) is 1. The van der Waals surface area contributed by atoms with Crippen molar-refractivity contribution in [2.24, 2.45) is 5.73 Å². The molecule has 5 rings (SSSR count). The van der Waals surface area contributed by atoms with E-state index in [-0.39, 0.29) is 17.9 Å². The topological polar surface area (TPSA) is 126 Å². The van der Waals surface area contributed by atoms with Crippen LogP contribution in [0.1, 0.15) is 54.4 Å². The lowest BCUT2D eigenvalue weighted by molar-refractivity contribution is 0.0944. The molecule has 0 radical (unpaired) electrons. The summed E-state index contributed by atoms with van der Waals surface area (Å²) in [6, 6.07) is 22.1. The van der Waals surface area contributed by atoms with Crippen molar-refractivity contribution in [1.82, 2.24) is 15.6 Å². The van der Waals surface area contributed by atoms with Crippen LogP contribution in [0.3, 0.4) is 0 Å². The van der Waals surface area contributed by atoms with Crippen LogP contribution in [0.25, 0.3) is 11.3 Å². The Bertz CT molecular complexity index is 1490. The molecule has 0 spiro atoms. The van der Waals surface area contributed by atoms with Crippen LogP contribution in [0.5, 0.6) is 0 Å². The molecule has 192 valence electrons. The van der Waals surface area contributed by atoms with Crippen LogP contribution in [0, 0.1) is 6.92 Å². The number of hydrogen-bond acceptors (Lipinski definition) is 6. The van der Waals surface area contributed by atoms with E-state index in [4.69, 9.17) is 10.7 Å². The van der Waals surface area contributed by atoms with Crippen molar-refractivity contribution in [3.05, 3.63) is 99.9 Å². The minimum Gasteiger partial charge on any atom is -0.366 e. The number of carbonyl (C=O) groups excluding carboxylic acids is 3. The molecular weight excluding hydrogens is 498 g/mol. The smallest absolute Gasteiger partial charge is 0.264 e. The van der Waals surface area contributed by atoms with Gasteiger partial charge >= 0.3 is 0 Å². The van der Waals surface area contributed by atoms with Crippen molar-refractivity contribution < 1.29 is 14.4 Å². The van der Waals surface area contributed by atoms with Gasteiger partial charge in [0.15, 0.2) is 5.13 Å². The summed E-state index contributed by atoms with van der Waals surface area (Å²) in [5, 5.41) is 9.78. The molecule has 3 aromatic carbocycles. The second kappa shape index (κ2) is 10.9. The first-order chi connectivity index (χ1) is 18.4. The summed E-state index contributed by atoms with van der Waals surface area (Å²) in [4.78, 5) is 42.5. The minimum absolute atomic E-state index is 0.106. The van der Waals surface area contributed by atoms with E-state index in [1.54, 1.807) is 36.4 Å². The van der Waals surface area contributed by atoms with Crippen LogP contribution in [-0.2, 0) is 6.54 Å². The average Bonchev–Trinajstić information content (AvgIpc) is 3.64. The summed E-state index contributed by atoms with van der Waals surface area (Å²) in [6.45, 7) is 2.31. The first-order valence-corrected chi connectivity index (χ1v) is 13.1. The number of amides is 3. The molecule has 9 heteroatoms. The zero-order valence-corrected chi connectivity index (χ0v) is 21.6. The first kappa shape index (κ1) is 25.2. The zero-order chi connectivity index (χ0) is 26.6. The quantitative estimate of drug-likeness (QED) is 0.250. The van der Waals surface area contributed by atoms with Gasteiger partial charge in [0.2, 0.25) is 5.91 Å². The van der Waals surface area contributed by atoms with E-state index in [9.17, 15) is 14.4 Å². The number of benzene rings is 3. The van der Waals surface area contributed by atoms with E-state index >= 15 is 0 Å². The number of thiazole rings is 1. The molecule has 8 nitrogen and oxygen atoms in total. The molecule has 5 N–H and O–H groups in total. The maximum absolute atomic E-state index is 13.3. The Labute approximate surface area is 224 Å². The van der Waals surface area contributed by atoms with Gasteiger partial charge in [-0.15, -0.1) is 0 Å². The van der Waals surface area contributed by atoms with E-state index in [0.29, 0.717) is 38.9 Å². The van der Waals surface area contributed by atoms with Gasteiger partial charge in [-0.25, -0.2) is 4.98 Å². The maximum atomic E-state index is 13.3. The third-order valence-electron chi connectivity index (χ3n) is 6.23. The van der Waals surface area contributed by atoms with E-state index in [1.165, 1.54) is 11.3 Å². The normalized spacial score (nSPS) is 12.6. The molecule has 1 fully saturated rings. The van der Waals surface area contributed by atoms with Crippen molar-refractivity contribution in [2.75, 3.05) is 5.32 Å². The van der Waals surface area contributed by atoms with E-state index in [0.717, 1.165) is 29.7 Å². The third-order valence-corrected chi connectivity index (χ3v) is 7.20. The highest BCUT2D eigenvalue weighted by atomic mass is 32.1. The molecule has 0 atom stereocenters. The van der Waals surface area contributed by atoms with Crippen LogP contribution >= 0.6 is 11.3 Å². The standard InChI is InChI=1S/C29H27N5O3S/c1-17-7-8-21(27(36)32-22-13-14-22)15-23(17)33-29-34-24(19-9-11-20(12-10-19)26(30)35)25(38-29)28(37)31-16-18-5-3-2-4-6-18/h2-12,15,22H,13-14,16H2,1H3,(H2,30,35)(H,31,37)(H,32,36)(H,33,34). The SMILES string of the molecule is Cc1ccc(C(=O)NC2CC2)cc1Nc1nc(-c2ccc(C(N)=O)cc2)c(C(=O)NCc2ccccc2)s1. The van der Waals surface area contributed by atoms with Crippen molar-refractivity contribution in [3.63, 3.8) is 0 Å². The fourth-order valence-electron chi connectivity index (χ4n) is 3.88. The fraction of sp³-hybridized carbons (Fsp3) is 0.172. The second-order valence-corrected chi connectivity index (χ2v) is 10.2. The molecule has 0 unspecified atom stereocenters. The van der Waals surface area contributed by atoms with Crippen molar-refractivity contribution in [1.29, 1.82) is 0 Å². The summed E-state index contributed by atoms with van der Waals surface area (Å²) >= 11 is 1.22. The number of nitrogens with one attached hydrogen (secondary N) is 3. The monoisotopic (exact) mass is 525 g/mol. The molecule has 0 saturated heterocycles. The molecule has 38 heavy (non-hydrogen) atoms. The predicted octanol–water partition coefficient (Wildman–Crippen LogP) is 4.78. The lowest BCUT2D eigenvalue weighted by atomic mass is 10.1. The summed E-state index contributed by atoms with van der Waals surface area (Å²) in [7, 11) is 0. The molecular formula is C29H27N5O3S. The lowest BCUT2D eigenvalue weighted by Gasteiger charge is -2.10. The summed E-state index contributed by atoms with van der Waals surface area (Å²) in [6.07, 6.45) is 2.03. The Morgan fingerprint density at radius 1 is 0.947 bits per heavy atom. The van der Waals surface area contributed by atoms with Gasteiger partial charge in [-0.3, -0.25) is 14.4 Å². The van der Waals surface area contributed by atoms with Crippen LogP contribution in [-0.4, -0.2) is 28.7 Å². The van der Waals surface area contributed by atoms with Crippen molar-refractivity contribution >= 4 is 39.9 Å². The van der Waals surface area contributed by atoms with Gasteiger partial charge < -0.3 is 21.7 Å². The van der Waals surface area contributed by atoms with E-state index < -0.39 is 5.91 Å². The van der Waals surface area contributed by atoms with Gasteiger partial charge in [0, 0.05) is 35.0 Å². The molecule has 0 aliphatic heterocycles. The third kappa shape index (κ3) is 5.90. The molecule has 1 aromatic heterocycles. The average molecular weight is 526 g/mol. The highest BCUT2D eigenvalue weighted by Crippen LogP contribution is 2.34. The van der Waals surface area contributed by atoms with Crippen molar-refractivity contribution in [3.8, 4) is 11.3 Å². The van der Waals surface area contributed by atoms with Gasteiger partial charge in [0.25, 0.3) is 11.8 Å². The molecule has 3 amide bonds. The number of hydrogen-bond donors (Lipinski definition) is 4. The number of carbonyl (C=O) groups is 3. The number of primary amides is 1. The van der Waals surface area contributed by atoms with E-state index in [1.807, 2.05) is 43.3 Å². The molecule has 1 aliphatic carbocycles. The number of nitrogens with two attached hydrogens (primary N) is 1. The predicted molar refractivity (Wildman–Crippen MR) is 149 cm³/mol. The van der Waals surface area contributed by atoms with E-state index in [2.05, 4.69) is 16.0 Å². The Hall–Kier alpha value is -4.50. The molecule has 0 bridgehead atoms. The fourth-order valence-corrected chi connectivity index (χ4v) is 4.80. The number of aromatic nitrogens is 1. The zero-order valence-electron chi connectivity index (χ0n) is 20.8. The number of anilines is 2. The Balaban J connectivity index is 1.44. The van der Waals surface area contributed by atoms with Gasteiger partial charge in [-0.2, -0.15) is 0 Å². The van der Waals surface area contributed by atoms with Gasteiger partial charge in [-0.05, 0) is 55.2 Å². The summed E-state index contributed by atoms with van der Waals surface area (Å²) < 4.78 is 0. The Kier molecular flexibility index (Phi) is 7.19. The van der Waals surface area contributed by atoms with Gasteiger partial charge in [-0.1, -0.05) is 59.9 Å². The highest BCUT2D eigenvalue weighted by Gasteiger charge is 2.24. The van der Waals surface area contributed by atoms with Crippen LogP contribution in [0.4, 0.5) is 10.8 Å². The maximum Gasteiger partial charge on any atom is 0.264 e. The minimum atomic E-state index is -0.529. The molecule has 1 heterocycles. The van der Waals surface area contributed by atoms with Gasteiger partial charge in [0.05, 0.1) is 5.69 Å². The number of aryl methyl sites for hydroxylation is 1.